The lowest BCUT2D eigenvalue weighted by atomic mass is 9.80. The number of thiophene rings is 1. The number of hydrogen-bond donors (Lipinski definition) is 2. The Kier molecular flexibility index (Phi) is 5.97. The Hall–Kier alpha value is -1.40. The van der Waals surface area contributed by atoms with E-state index < -0.39 is 5.54 Å². The van der Waals surface area contributed by atoms with Gasteiger partial charge in [-0.25, -0.2) is 4.79 Å². The molecule has 1 saturated carbocycles. The third kappa shape index (κ3) is 3.67. The SMILES string of the molecule is CCNC(=O)C1(NCc2ccsc2C(=O)OC)CCCCC1. The summed E-state index contributed by atoms with van der Waals surface area (Å²) in [5, 5.41) is 8.25. The fraction of sp³-hybridized carbons (Fsp3) is 0.625. The van der Waals surface area contributed by atoms with Gasteiger partial charge in [-0.1, -0.05) is 19.3 Å². The average molecular weight is 324 g/mol. The molecule has 1 amide bonds. The maximum absolute atomic E-state index is 12.5. The van der Waals surface area contributed by atoms with Crippen molar-refractivity contribution < 1.29 is 14.3 Å². The van der Waals surface area contributed by atoms with Gasteiger partial charge in [0, 0.05) is 13.1 Å². The topological polar surface area (TPSA) is 67.4 Å². The number of amides is 1. The van der Waals surface area contributed by atoms with Crippen LogP contribution in [-0.4, -0.2) is 31.1 Å². The van der Waals surface area contributed by atoms with E-state index in [1.54, 1.807) is 0 Å². The summed E-state index contributed by atoms with van der Waals surface area (Å²) >= 11 is 1.37. The molecule has 1 aliphatic carbocycles. The molecule has 0 radical (unpaired) electrons. The van der Waals surface area contributed by atoms with Gasteiger partial charge in [0.2, 0.25) is 5.91 Å². The van der Waals surface area contributed by atoms with Crippen LogP contribution in [-0.2, 0) is 16.1 Å². The van der Waals surface area contributed by atoms with E-state index in [9.17, 15) is 9.59 Å². The van der Waals surface area contributed by atoms with Crippen molar-refractivity contribution in [2.75, 3.05) is 13.7 Å². The van der Waals surface area contributed by atoms with E-state index in [0.717, 1.165) is 31.2 Å². The molecule has 122 valence electrons. The van der Waals surface area contributed by atoms with Gasteiger partial charge in [0.25, 0.3) is 0 Å². The zero-order valence-electron chi connectivity index (χ0n) is 13.2. The number of esters is 1. The molecule has 0 spiro atoms. The van der Waals surface area contributed by atoms with E-state index in [4.69, 9.17) is 4.74 Å². The zero-order valence-corrected chi connectivity index (χ0v) is 14.1. The Morgan fingerprint density at radius 2 is 2.05 bits per heavy atom. The molecule has 2 rings (SSSR count). The molecule has 1 aromatic rings. The maximum Gasteiger partial charge on any atom is 0.348 e. The highest BCUT2D eigenvalue weighted by Gasteiger charge is 2.38. The number of carbonyl (C=O) groups excluding carboxylic acids is 2. The predicted octanol–water partition coefficient (Wildman–Crippen LogP) is 2.46. The molecule has 22 heavy (non-hydrogen) atoms. The standard InChI is InChI=1S/C16H24N2O3S/c1-3-17-15(20)16(8-5-4-6-9-16)18-11-12-7-10-22-13(12)14(19)21-2/h7,10,18H,3-6,8-9,11H2,1-2H3,(H,17,20). The molecular weight excluding hydrogens is 300 g/mol. The van der Waals surface area contributed by atoms with Crippen molar-refractivity contribution in [3.05, 3.63) is 21.9 Å². The molecule has 0 bridgehead atoms. The van der Waals surface area contributed by atoms with Crippen LogP contribution in [0.25, 0.3) is 0 Å². The highest BCUT2D eigenvalue weighted by Crippen LogP contribution is 2.29. The molecule has 5 nitrogen and oxygen atoms in total. The molecule has 1 aromatic heterocycles. The minimum absolute atomic E-state index is 0.0737. The fourth-order valence-corrected chi connectivity index (χ4v) is 3.82. The highest BCUT2D eigenvalue weighted by atomic mass is 32.1. The zero-order chi connectivity index (χ0) is 16.0. The summed E-state index contributed by atoms with van der Waals surface area (Å²) in [5.41, 5.74) is 0.384. The van der Waals surface area contributed by atoms with Gasteiger partial charge in [-0.15, -0.1) is 11.3 Å². The smallest absolute Gasteiger partial charge is 0.348 e. The van der Waals surface area contributed by atoms with Crippen LogP contribution in [0.15, 0.2) is 11.4 Å². The van der Waals surface area contributed by atoms with Gasteiger partial charge in [-0.05, 0) is 36.8 Å². The second kappa shape index (κ2) is 7.74. The fourth-order valence-electron chi connectivity index (χ4n) is 2.98. The Balaban J connectivity index is 2.10. The van der Waals surface area contributed by atoms with Crippen LogP contribution in [0.4, 0.5) is 0 Å². The number of rotatable bonds is 6. The second-order valence-electron chi connectivity index (χ2n) is 5.62. The number of methoxy groups -OCH3 is 1. The Morgan fingerprint density at radius 3 is 2.68 bits per heavy atom. The van der Waals surface area contributed by atoms with E-state index in [1.807, 2.05) is 18.4 Å². The monoisotopic (exact) mass is 324 g/mol. The van der Waals surface area contributed by atoms with Gasteiger partial charge in [-0.3, -0.25) is 10.1 Å². The van der Waals surface area contributed by atoms with E-state index in [2.05, 4.69) is 10.6 Å². The van der Waals surface area contributed by atoms with Gasteiger partial charge < -0.3 is 10.1 Å². The summed E-state index contributed by atoms with van der Waals surface area (Å²) in [6.07, 6.45) is 4.97. The molecule has 0 aromatic carbocycles. The maximum atomic E-state index is 12.5. The number of ether oxygens (including phenoxy) is 1. The Labute approximate surface area is 135 Å². The molecule has 0 atom stereocenters. The predicted molar refractivity (Wildman–Crippen MR) is 87.0 cm³/mol. The van der Waals surface area contributed by atoms with Gasteiger partial charge >= 0.3 is 5.97 Å². The molecule has 1 heterocycles. The van der Waals surface area contributed by atoms with E-state index in [0.29, 0.717) is 18.0 Å². The van der Waals surface area contributed by atoms with Crippen molar-refractivity contribution in [1.29, 1.82) is 0 Å². The van der Waals surface area contributed by atoms with Crippen LogP contribution >= 0.6 is 11.3 Å². The van der Waals surface area contributed by atoms with Crippen molar-refractivity contribution in [1.82, 2.24) is 10.6 Å². The molecule has 1 aliphatic rings. The van der Waals surface area contributed by atoms with Crippen molar-refractivity contribution >= 4 is 23.2 Å². The lowest BCUT2D eigenvalue weighted by molar-refractivity contribution is -0.129. The summed E-state index contributed by atoms with van der Waals surface area (Å²) in [6.45, 7) is 3.07. The first-order chi connectivity index (χ1) is 10.6. The first kappa shape index (κ1) is 17.0. The first-order valence-electron chi connectivity index (χ1n) is 7.81. The lowest BCUT2D eigenvalue weighted by Crippen LogP contribution is -2.57. The van der Waals surface area contributed by atoms with Crippen molar-refractivity contribution in [3.63, 3.8) is 0 Å². The number of likely N-dealkylation sites (N-methyl/N-ethyl adjacent to an activating group) is 1. The summed E-state index contributed by atoms with van der Waals surface area (Å²) in [4.78, 5) is 24.8. The van der Waals surface area contributed by atoms with Crippen molar-refractivity contribution in [2.24, 2.45) is 0 Å². The highest BCUT2D eigenvalue weighted by molar-refractivity contribution is 7.12. The number of nitrogens with one attached hydrogen (secondary N) is 2. The molecule has 2 N–H and O–H groups in total. The van der Waals surface area contributed by atoms with Crippen LogP contribution in [0.2, 0.25) is 0 Å². The minimum Gasteiger partial charge on any atom is -0.465 e. The van der Waals surface area contributed by atoms with Crippen LogP contribution in [0.3, 0.4) is 0 Å². The van der Waals surface area contributed by atoms with Crippen LogP contribution in [0.1, 0.15) is 54.3 Å². The lowest BCUT2D eigenvalue weighted by Gasteiger charge is -2.36. The van der Waals surface area contributed by atoms with E-state index in [1.165, 1.54) is 24.9 Å². The molecule has 6 heteroatoms. The Morgan fingerprint density at radius 1 is 1.32 bits per heavy atom. The third-order valence-electron chi connectivity index (χ3n) is 4.21. The van der Waals surface area contributed by atoms with Crippen LogP contribution in [0, 0.1) is 0 Å². The molecule has 0 saturated heterocycles. The summed E-state index contributed by atoms with van der Waals surface area (Å²) in [6, 6.07) is 1.91. The average Bonchev–Trinajstić information content (AvgIpc) is 3.02. The van der Waals surface area contributed by atoms with Crippen molar-refractivity contribution in [3.8, 4) is 0 Å². The first-order valence-corrected chi connectivity index (χ1v) is 8.69. The normalized spacial score (nSPS) is 17.0. The van der Waals surface area contributed by atoms with Gasteiger partial charge in [0.1, 0.15) is 4.88 Å². The number of hydrogen-bond acceptors (Lipinski definition) is 5. The van der Waals surface area contributed by atoms with Gasteiger partial charge in [0.15, 0.2) is 0 Å². The Bertz CT molecular complexity index is 521. The molecule has 0 aliphatic heterocycles. The summed E-state index contributed by atoms with van der Waals surface area (Å²) in [7, 11) is 1.39. The summed E-state index contributed by atoms with van der Waals surface area (Å²) < 4.78 is 4.80. The third-order valence-corrected chi connectivity index (χ3v) is 5.15. The molecule has 0 unspecified atom stereocenters. The van der Waals surface area contributed by atoms with Crippen LogP contribution < -0.4 is 10.6 Å². The van der Waals surface area contributed by atoms with Crippen molar-refractivity contribution in [2.45, 2.75) is 51.1 Å². The minimum atomic E-state index is -0.510. The molecule has 1 fully saturated rings. The van der Waals surface area contributed by atoms with E-state index >= 15 is 0 Å². The van der Waals surface area contributed by atoms with Crippen LogP contribution in [0.5, 0.6) is 0 Å². The largest absolute Gasteiger partial charge is 0.465 e. The molecular formula is C16H24N2O3S. The van der Waals surface area contributed by atoms with Gasteiger partial charge in [0.05, 0.1) is 12.6 Å². The number of carbonyl (C=O) groups is 2. The van der Waals surface area contributed by atoms with Gasteiger partial charge in [-0.2, -0.15) is 0 Å². The quantitative estimate of drug-likeness (QED) is 0.789. The summed E-state index contributed by atoms with van der Waals surface area (Å²) in [5.74, 6) is -0.243. The van der Waals surface area contributed by atoms with E-state index in [-0.39, 0.29) is 11.9 Å². The second-order valence-corrected chi connectivity index (χ2v) is 6.54.